The Morgan fingerprint density at radius 3 is 2.85 bits per heavy atom. The second-order valence-corrected chi connectivity index (χ2v) is 5.72. The quantitative estimate of drug-likeness (QED) is 0.895. The van der Waals surface area contributed by atoms with Crippen LogP contribution < -0.4 is 10.1 Å². The van der Waals surface area contributed by atoms with Gasteiger partial charge < -0.3 is 10.1 Å². The van der Waals surface area contributed by atoms with Gasteiger partial charge in [0, 0.05) is 18.8 Å². The van der Waals surface area contributed by atoms with Gasteiger partial charge >= 0.3 is 0 Å². The molecule has 0 atom stereocenters. The van der Waals surface area contributed by atoms with E-state index in [9.17, 15) is 4.39 Å². The molecule has 1 saturated carbocycles. The van der Waals surface area contributed by atoms with Crippen molar-refractivity contribution in [1.29, 1.82) is 0 Å². The highest BCUT2D eigenvalue weighted by Gasteiger charge is 2.19. The fourth-order valence-electron chi connectivity index (χ4n) is 1.84. The highest BCUT2D eigenvalue weighted by atomic mass is 79.9. The molecule has 0 saturated heterocycles. The van der Waals surface area contributed by atoms with E-state index in [4.69, 9.17) is 4.74 Å². The Bertz CT molecular complexity index is 617. The number of pyridine rings is 1. The number of hydrogen-bond acceptors (Lipinski definition) is 3. The Balaban J connectivity index is 1.69. The van der Waals surface area contributed by atoms with E-state index >= 15 is 0 Å². The van der Waals surface area contributed by atoms with Crippen molar-refractivity contribution in [2.75, 3.05) is 0 Å². The molecule has 0 amide bonds. The second-order valence-electron chi connectivity index (χ2n) is 4.86. The Morgan fingerprint density at radius 1 is 1.25 bits per heavy atom. The van der Waals surface area contributed by atoms with Crippen LogP contribution in [-0.4, -0.2) is 11.0 Å². The zero-order chi connectivity index (χ0) is 13.9. The van der Waals surface area contributed by atoms with E-state index in [2.05, 4.69) is 26.2 Å². The van der Waals surface area contributed by atoms with E-state index in [1.54, 1.807) is 18.3 Å². The first kappa shape index (κ1) is 13.5. The molecule has 0 radical (unpaired) electrons. The predicted octanol–water partition coefficient (Wildman–Crippen LogP) is 4.03. The molecule has 1 fully saturated rings. The first-order valence-corrected chi connectivity index (χ1v) is 7.30. The van der Waals surface area contributed by atoms with E-state index in [0.717, 1.165) is 12.1 Å². The Labute approximate surface area is 125 Å². The molecule has 0 spiro atoms. The van der Waals surface area contributed by atoms with Gasteiger partial charge in [0.05, 0.1) is 10.7 Å². The molecule has 0 aliphatic heterocycles. The van der Waals surface area contributed by atoms with Crippen molar-refractivity contribution in [3.8, 4) is 11.5 Å². The lowest BCUT2D eigenvalue weighted by Gasteiger charge is -2.08. The fraction of sp³-hybridized carbons (Fsp3) is 0.267. The maximum Gasteiger partial charge on any atom is 0.146 e. The molecule has 1 aromatic heterocycles. The van der Waals surface area contributed by atoms with Gasteiger partial charge in [0.1, 0.15) is 17.3 Å². The lowest BCUT2D eigenvalue weighted by Crippen LogP contribution is -2.15. The molecule has 1 N–H and O–H groups in total. The molecule has 1 aliphatic carbocycles. The van der Waals surface area contributed by atoms with Crippen molar-refractivity contribution in [2.45, 2.75) is 25.4 Å². The smallest absolute Gasteiger partial charge is 0.146 e. The number of ether oxygens (including phenoxy) is 1. The highest BCUT2D eigenvalue weighted by molar-refractivity contribution is 9.10. The van der Waals surface area contributed by atoms with Crippen LogP contribution in [0.3, 0.4) is 0 Å². The molecule has 5 heteroatoms. The van der Waals surface area contributed by atoms with Gasteiger partial charge in [-0.2, -0.15) is 0 Å². The standard InChI is InChI=1S/C15H14BrFN2O/c16-14-6-12(3-4-15(14)17)20-13-5-10(7-18-9-13)8-19-11-1-2-11/h3-7,9,11,19H,1-2,8H2. The van der Waals surface area contributed by atoms with Crippen molar-refractivity contribution in [3.05, 3.63) is 52.5 Å². The SMILES string of the molecule is Fc1ccc(Oc2cncc(CNC3CC3)c2)cc1Br. The Hall–Kier alpha value is -1.46. The van der Waals surface area contributed by atoms with Crippen LogP contribution in [0.1, 0.15) is 18.4 Å². The normalized spacial score (nSPS) is 14.3. The zero-order valence-corrected chi connectivity index (χ0v) is 12.4. The summed E-state index contributed by atoms with van der Waals surface area (Å²) in [6.45, 7) is 0.794. The zero-order valence-electron chi connectivity index (χ0n) is 10.8. The van der Waals surface area contributed by atoms with Crippen LogP contribution >= 0.6 is 15.9 Å². The summed E-state index contributed by atoms with van der Waals surface area (Å²) < 4.78 is 19.2. The molecule has 3 rings (SSSR count). The van der Waals surface area contributed by atoms with E-state index < -0.39 is 0 Å². The third-order valence-electron chi connectivity index (χ3n) is 3.07. The second kappa shape index (κ2) is 5.89. The molecule has 3 nitrogen and oxygen atoms in total. The number of nitrogens with zero attached hydrogens (tertiary/aromatic N) is 1. The van der Waals surface area contributed by atoms with Gasteiger partial charge in [0.2, 0.25) is 0 Å². The average Bonchev–Trinajstić information content (AvgIpc) is 3.25. The molecular weight excluding hydrogens is 323 g/mol. The predicted molar refractivity (Wildman–Crippen MR) is 78.3 cm³/mol. The Kier molecular flexibility index (Phi) is 3.98. The van der Waals surface area contributed by atoms with E-state index in [1.807, 2.05) is 12.3 Å². The van der Waals surface area contributed by atoms with E-state index in [0.29, 0.717) is 22.0 Å². The van der Waals surface area contributed by atoms with Crippen molar-refractivity contribution < 1.29 is 9.13 Å². The summed E-state index contributed by atoms with van der Waals surface area (Å²) in [6, 6.07) is 7.16. The number of nitrogens with one attached hydrogen (secondary N) is 1. The van der Waals surface area contributed by atoms with Crippen molar-refractivity contribution in [3.63, 3.8) is 0 Å². The minimum absolute atomic E-state index is 0.308. The van der Waals surface area contributed by atoms with Gasteiger partial charge in [-0.15, -0.1) is 0 Å². The lowest BCUT2D eigenvalue weighted by molar-refractivity contribution is 0.476. The minimum atomic E-state index is -0.308. The summed E-state index contributed by atoms with van der Waals surface area (Å²) >= 11 is 3.14. The van der Waals surface area contributed by atoms with Gasteiger partial charge in [-0.05, 0) is 58.6 Å². The third kappa shape index (κ3) is 3.55. The van der Waals surface area contributed by atoms with Crippen molar-refractivity contribution >= 4 is 15.9 Å². The van der Waals surface area contributed by atoms with Crippen LogP contribution in [0.15, 0.2) is 41.1 Å². The molecule has 1 heterocycles. The molecular formula is C15H14BrFN2O. The maximum atomic E-state index is 13.2. The summed E-state index contributed by atoms with van der Waals surface area (Å²) in [6.07, 6.45) is 5.99. The monoisotopic (exact) mass is 336 g/mol. The molecule has 0 bridgehead atoms. The summed E-state index contributed by atoms with van der Waals surface area (Å²) in [5.74, 6) is 0.920. The fourth-order valence-corrected chi connectivity index (χ4v) is 2.20. The van der Waals surface area contributed by atoms with Crippen molar-refractivity contribution in [2.24, 2.45) is 0 Å². The van der Waals surface area contributed by atoms with Crippen LogP contribution in [0.2, 0.25) is 0 Å². The minimum Gasteiger partial charge on any atom is -0.456 e. The molecule has 1 aromatic carbocycles. The van der Waals surface area contributed by atoms with Gasteiger partial charge in [-0.25, -0.2) is 4.39 Å². The van der Waals surface area contributed by atoms with Gasteiger partial charge in [-0.1, -0.05) is 0 Å². The van der Waals surface area contributed by atoms with Gasteiger partial charge in [-0.3, -0.25) is 4.98 Å². The number of aromatic nitrogens is 1. The number of rotatable bonds is 5. The number of halogens is 2. The average molecular weight is 337 g/mol. The molecule has 2 aromatic rings. The molecule has 0 unspecified atom stereocenters. The third-order valence-corrected chi connectivity index (χ3v) is 3.68. The largest absolute Gasteiger partial charge is 0.456 e. The van der Waals surface area contributed by atoms with Gasteiger partial charge in [0.15, 0.2) is 0 Å². The molecule has 1 aliphatic rings. The topological polar surface area (TPSA) is 34.1 Å². The molecule has 104 valence electrons. The highest BCUT2D eigenvalue weighted by Crippen LogP contribution is 2.26. The van der Waals surface area contributed by atoms with Crippen LogP contribution in [0.25, 0.3) is 0 Å². The lowest BCUT2D eigenvalue weighted by atomic mass is 10.2. The van der Waals surface area contributed by atoms with Crippen LogP contribution in [0, 0.1) is 5.82 Å². The van der Waals surface area contributed by atoms with Crippen LogP contribution in [-0.2, 0) is 6.54 Å². The Morgan fingerprint density at radius 2 is 2.10 bits per heavy atom. The summed E-state index contributed by atoms with van der Waals surface area (Å²) in [4.78, 5) is 4.17. The van der Waals surface area contributed by atoms with Crippen LogP contribution in [0.5, 0.6) is 11.5 Å². The van der Waals surface area contributed by atoms with Gasteiger partial charge in [0.25, 0.3) is 0 Å². The van der Waals surface area contributed by atoms with Crippen LogP contribution in [0.4, 0.5) is 4.39 Å². The van der Waals surface area contributed by atoms with E-state index in [1.165, 1.54) is 18.9 Å². The summed E-state index contributed by atoms with van der Waals surface area (Å²) in [7, 11) is 0. The molecule has 20 heavy (non-hydrogen) atoms. The van der Waals surface area contributed by atoms with Crippen molar-refractivity contribution in [1.82, 2.24) is 10.3 Å². The summed E-state index contributed by atoms with van der Waals surface area (Å²) in [5, 5.41) is 3.43. The maximum absolute atomic E-state index is 13.2. The number of benzene rings is 1. The summed E-state index contributed by atoms with van der Waals surface area (Å²) in [5.41, 5.74) is 1.08. The van der Waals surface area contributed by atoms with E-state index in [-0.39, 0.29) is 5.82 Å². The first-order chi connectivity index (χ1) is 9.70. The first-order valence-electron chi connectivity index (χ1n) is 6.51. The number of hydrogen-bond donors (Lipinski definition) is 1.